The molecule has 9 nitrogen and oxygen atoms in total. The van der Waals surface area contributed by atoms with Crippen molar-refractivity contribution in [1.82, 2.24) is 34.5 Å². The van der Waals surface area contributed by atoms with Crippen LogP contribution in [0.15, 0.2) is 37.1 Å². The smallest absolute Gasteiger partial charge is 0.227 e. The van der Waals surface area contributed by atoms with Gasteiger partial charge in [-0.05, 0) is 19.1 Å². The first-order valence-electron chi connectivity index (χ1n) is 8.31. The van der Waals surface area contributed by atoms with Crippen LogP contribution in [0.25, 0.3) is 11.0 Å². The first-order chi connectivity index (χ1) is 13.5. The van der Waals surface area contributed by atoms with Crippen molar-refractivity contribution in [1.29, 1.82) is 0 Å². The maximum absolute atomic E-state index is 13.0. The van der Waals surface area contributed by atoms with Crippen molar-refractivity contribution < 1.29 is 4.39 Å². The third-order valence-electron chi connectivity index (χ3n) is 3.85. The van der Waals surface area contributed by atoms with Crippen molar-refractivity contribution in [2.45, 2.75) is 13.0 Å². The number of fused-ring (bicyclic) bond motifs is 1. The Morgan fingerprint density at radius 3 is 2.61 bits per heavy atom. The molecule has 0 aromatic carbocycles. The summed E-state index contributed by atoms with van der Waals surface area (Å²) in [4.78, 5) is 25.4. The Morgan fingerprint density at radius 2 is 1.89 bits per heavy atom. The summed E-state index contributed by atoms with van der Waals surface area (Å²) in [5.41, 5.74) is 0.413. The number of aromatic nitrogens is 7. The molecule has 0 unspecified atom stereocenters. The average molecular weight is 400 g/mol. The SMILES string of the molecule is C[C@@H](Nc1nc(Nc2cn(C)cn2)c2ccc(Cl)nc2n1)c1ncc(F)cn1. The normalized spacial score (nSPS) is 12.1. The van der Waals surface area contributed by atoms with Gasteiger partial charge in [0.2, 0.25) is 5.95 Å². The van der Waals surface area contributed by atoms with Crippen LogP contribution in [0.2, 0.25) is 5.15 Å². The third-order valence-corrected chi connectivity index (χ3v) is 4.06. The van der Waals surface area contributed by atoms with Crippen molar-refractivity contribution in [3.63, 3.8) is 0 Å². The number of anilines is 3. The number of rotatable bonds is 5. The minimum Gasteiger partial charge on any atom is -0.344 e. The Morgan fingerprint density at radius 1 is 1.11 bits per heavy atom. The van der Waals surface area contributed by atoms with E-state index in [1.54, 1.807) is 18.5 Å². The molecule has 4 aromatic rings. The minimum absolute atomic E-state index is 0.293. The Kier molecular flexibility index (Phi) is 4.70. The van der Waals surface area contributed by atoms with E-state index < -0.39 is 5.82 Å². The average Bonchev–Trinajstić information content (AvgIpc) is 3.06. The second-order valence-electron chi connectivity index (χ2n) is 6.08. The van der Waals surface area contributed by atoms with E-state index in [0.29, 0.717) is 39.6 Å². The summed E-state index contributed by atoms with van der Waals surface area (Å²) in [6, 6.07) is 3.09. The summed E-state index contributed by atoms with van der Waals surface area (Å²) >= 11 is 6.02. The van der Waals surface area contributed by atoms with Gasteiger partial charge in [0.25, 0.3) is 0 Å². The quantitative estimate of drug-likeness (QED) is 0.492. The molecule has 0 aliphatic rings. The molecule has 1 atom stereocenters. The summed E-state index contributed by atoms with van der Waals surface area (Å²) in [5, 5.41) is 7.27. The first kappa shape index (κ1) is 18.0. The zero-order chi connectivity index (χ0) is 19.7. The summed E-state index contributed by atoms with van der Waals surface area (Å²) in [6.45, 7) is 1.82. The molecule has 4 aromatic heterocycles. The molecule has 0 fully saturated rings. The molecule has 28 heavy (non-hydrogen) atoms. The second kappa shape index (κ2) is 7.31. The number of halogens is 2. The Labute approximate surface area is 164 Å². The molecule has 0 radical (unpaired) electrons. The fourth-order valence-electron chi connectivity index (χ4n) is 2.55. The van der Waals surface area contributed by atoms with Gasteiger partial charge in [-0.1, -0.05) is 11.6 Å². The highest BCUT2D eigenvalue weighted by Crippen LogP contribution is 2.26. The Hall–Kier alpha value is -3.40. The largest absolute Gasteiger partial charge is 0.344 e. The van der Waals surface area contributed by atoms with Crippen LogP contribution in [0.5, 0.6) is 0 Å². The third kappa shape index (κ3) is 3.81. The molecule has 0 aliphatic heterocycles. The summed E-state index contributed by atoms with van der Waals surface area (Å²) in [7, 11) is 1.87. The number of aryl methyl sites for hydroxylation is 1. The predicted molar refractivity (Wildman–Crippen MR) is 103 cm³/mol. The molecule has 0 amide bonds. The van der Waals surface area contributed by atoms with Gasteiger partial charge >= 0.3 is 0 Å². The van der Waals surface area contributed by atoms with Crippen molar-refractivity contribution in [2.75, 3.05) is 10.6 Å². The number of pyridine rings is 1. The monoisotopic (exact) mass is 399 g/mol. The molecule has 0 aliphatic carbocycles. The van der Waals surface area contributed by atoms with Crippen LogP contribution >= 0.6 is 11.6 Å². The van der Waals surface area contributed by atoms with E-state index in [1.165, 1.54) is 0 Å². The molecular weight excluding hydrogens is 385 g/mol. The lowest BCUT2D eigenvalue weighted by molar-refractivity contribution is 0.604. The van der Waals surface area contributed by atoms with E-state index in [4.69, 9.17) is 11.6 Å². The molecule has 0 bridgehead atoms. The van der Waals surface area contributed by atoms with Crippen LogP contribution in [0.4, 0.5) is 22.0 Å². The lowest BCUT2D eigenvalue weighted by Crippen LogP contribution is -2.13. The maximum Gasteiger partial charge on any atom is 0.227 e. The van der Waals surface area contributed by atoms with Gasteiger partial charge in [-0.2, -0.15) is 9.97 Å². The minimum atomic E-state index is -0.501. The zero-order valence-electron chi connectivity index (χ0n) is 14.9. The number of hydrogen-bond donors (Lipinski definition) is 2. The maximum atomic E-state index is 13.0. The van der Waals surface area contributed by atoms with Crippen LogP contribution in [-0.4, -0.2) is 34.5 Å². The van der Waals surface area contributed by atoms with Gasteiger partial charge in [-0.15, -0.1) is 0 Å². The first-order valence-corrected chi connectivity index (χ1v) is 8.69. The van der Waals surface area contributed by atoms with Gasteiger partial charge in [-0.3, -0.25) is 0 Å². The highest BCUT2D eigenvalue weighted by molar-refractivity contribution is 6.29. The molecule has 4 rings (SSSR count). The fourth-order valence-corrected chi connectivity index (χ4v) is 2.69. The van der Waals surface area contributed by atoms with Gasteiger partial charge in [0.15, 0.2) is 11.5 Å². The topological polar surface area (TPSA) is 106 Å². The van der Waals surface area contributed by atoms with E-state index in [2.05, 4.69) is 40.5 Å². The molecule has 11 heteroatoms. The number of nitrogens with one attached hydrogen (secondary N) is 2. The van der Waals surface area contributed by atoms with E-state index >= 15 is 0 Å². The van der Waals surface area contributed by atoms with Crippen LogP contribution in [0, 0.1) is 5.82 Å². The van der Waals surface area contributed by atoms with Crippen LogP contribution in [0.3, 0.4) is 0 Å². The number of nitrogens with zero attached hydrogens (tertiary/aromatic N) is 7. The van der Waals surface area contributed by atoms with Crippen molar-refractivity contribution in [3.05, 3.63) is 53.8 Å². The van der Waals surface area contributed by atoms with Gasteiger partial charge in [0.05, 0.1) is 30.1 Å². The second-order valence-corrected chi connectivity index (χ2v) is 6.46. The van der Waals surface area contributed by atoms with E-state index in [0.717, 1.165) is 12.4 Å². The van der Waals surface area contributed by atoms with Gasteiger partial charge in [-0.25, -0.2) is 24.3 Å². The summed E-state index contributed by atoms with van der Waals surface area (Å²) < 4.78 is 14.9. The zero-order valence-corrected chi connectivity index (χ0v) is 15.7. The van der Waals surface area contributed by atoms with E-state index in [-0.39, 0.29) is 6.04 Å². The fraction of sp³-hybridized carbons (Fsp3) is 0.176. The molecule has 0 spiro atoms. The molecule has 0 saturated heterocycles. The molecule has 0 saturated carbocycles. The van der Waals surface area contributed by atoms with Gasteiger partial charge in [0.1, 0.15) is 22.6 Å². The number of hydrogen-bond acceptors (Lipinski definition) is 8. The van der Waals surface area contributed by atoms with Gasteiger partial charge in [0, 0.05) is 13.2 Å². The highest BCUT2D eigenvalue weighted by Gasteiger charge is 2.15. The number of imidazole rings is 1. The lowest BCUT2D eigenvalue weighted by atomic mass is 10.3. The van der Waals surface area contributed by atoms with Crippen molar-refractivity contribution >= 4 is 40.2 Å². The molecule has 4 heterocycles. The lowest BCUT2D eigenvalue weighted by Gasteiger charge is -2.14. The van der Waals surface area contributed by atoms with Gasteiger partial charge < -0.3 is 15.2 Å². The van der Waals surface area contributed by atoms with Crippen LogP contribution < -0.4 is 10.6 Å². The highest BCUT2D eigenvalue weighted by atomic mass is 35.5. The summed E-state index contributed by atoms with van der Waals surface area (Å²) in [5.74, 6) is 1.34. The Balaban J connectivity index is 1.70. The molecule has 2 N–H and O–H groups in total. The van der Waals surface area contributed by atoms with Crippen LogP contribution in [-0.2, 0) is 7.05 Å². The summed E-state index contributed by atoms with van der Waals surface area (Å²) in [6.07, 6.45) is 5.71. The van der Waals surface area contributed by atoms with E-state index in [9.17, 15) is 4.39 Å². The molecule has 142 valence electrons. The van der Waals surface area contributed by atoms with E-state index in [1.807, 2.05) is 24.7 Å². The van der Waals surface area contributed by atoms with Crippen LogP contribution in [0.1, 0.15) is 18.8 Å². The standard InChI is InChI=1S/C17H15ClFN9/c1-9(14-20-5-10(19)6-21-14)23-17-26-15-11(3-4-12(18)24-15)16(27-17)25-13-7-28(2)8-22-13/h3-9H,1-2H3,(H2,23,24,25,26,27)/t9-/m1/s1. The predicted octanol–water partition coefficient (Wildman–Crippen LogP) is 3.26. The molecular formula is C17H15ClFN9. The van der Waals surface area contributed by atoms with Crippen molar-refractivity contribution in [2.24, 2.45) is 7.05 Å². The Bertz CT molecular complexity index is 1130. The van der Waals surface area contributed by atoms with Crippen molar-refractivity contribution in [3.8, 4) is 0 Å².